The molecule has 2 aromatic heterocycles. The minimum atomic E-state index is -0.305. The van der Waals surface area contributed by atoms with Crippen molar-refractivity contribution >= 4 is 11.6 Å². The predicted molar refractivity (Wildman–Crippen MR) is 73.9 cm³/mol. The molecule has 4 nitrogen and oxygen atoms in total. The zero-order chi connectivity index (χ0) is 13.9. The number of nitrogens with zero attached hydrogens (tertiary/aromatic N) is 3. The molecule has 20 heavy (non-hydrogen) atoms. The molecule has 5 heteroatoms. The number of halogens is 1. The zero-order valence-electron chi connectivity index (χ0n) is 11.4. The maximum atomic E-state index is 13.1. The topological polar surface area (TPSA) is 37.6 Å². The minimum absolute atomic E-state index is 0.121. The average molecular weight is 275 g/mol. The maximum Gasteiger partial charge on any atom is 0.228 e. The van der Waals surface area contributed by atoms with Crippen molar-refractivity contribution in [2.45, 2.75) is 32.1 Å². The van der Waals surface area contributed by atoms with Gasteiger partial charge in [-0.05, 0) is 25.0 Å². The smallest absolute Gasteiger partial charge is 0.228 e. The van der Waals surface area contributed by atoms with Gasteiger partial charge in [0, 0.05) is 25.5 Å². The third-order valence-corrected chi connectivity index (χ3v) is 3.76. The van der Waals surface area contributed by atoms with Crippen molar-refractivity contribution in [3.63, 3.8) is 0 Å². The predicted octanol–water partition coefficient (Wildman–Crippen LogP) is 2.42. The summed E-state index contributed by atoms with van der Waals surface area (Å²) in [5, 5.41) is 0. The van der Waals surface area contributed by atoms with Crippen LogP contribution in [0.5, 0.6) is 0 Å². The van der Waals surface area contributed by atoms with Crippen LogP contribution in [0.4, 0.5) is 4.39 Å². The number of carbonyl (C=O) groups excluding carboxylic acids is 1. The van der Waals surface area contributed by atoms with Crippen molar-refractivity contribution in [3.8, 4) is 0 Å². The highest BCUT2D eigenvalue weighted by Crippen LogP contribution is 2.12. The molecule has 1 fully saturated rings. The van der Waals surface area contributed by atoms with Crippen LogP contribution in [0.25, 0.3) is 5.65 Å². The zero-order valence-corrected chi connectivity index (χ0v) is 11.4. The van der Waals surface area contributed by atoms with E-state index in [1.165, 1.54) is 25.1 Å². The Morgan fingerprint density at radius 3 is 2.65 bits per heavy atom. The molecule has 0 spiro atoms. The van der Waals surface area contributed by atoms with E-state index < -0.39 is 0 Å². The quantitative estimate of drug-likeness (QED) is 0.844. The first-order valence-electron chi connectivity index (χ1n) is 7.13. The van der Waals surface area contributed by atoms with E-state index in [1.807, 2.05) is 4.90 Å². The Morgan fingerprint density at radius 1 is 1.15 bits per heavy atom. The van der Waals surface area contributed by atoms with Gasteiger partial charge in [0.2, 0.25) is 5.91 Å². The summed E-state index contributed by atoms with van der Waals surface area (Å²) in [6.07, 6.45) is 7.98. The molecular formula is C15H18FN3O. The second kappa shape index (κ2) is 5.61. The number of likely N-dealkylation sites (tertiary alicyclic amines) is 1. The van der Waals surface area contributed by atoms with Gasteiger partial charge in [0.15, 0.2) is 0 Å². The van der Waals surface area contributed by atoms with Crippen LogP contribution in [-0.4, -0.2) is 33.3 Å². The molecule has 0 aliphatic carbocycles. The van der Waals surface area contributed by atoms with Crippen LogP contribution >= 0.6 is 0 Å². The van der Waals surface area contributed by atoms with Crippen molar-refractivity contribution in [1.82, 2.24) is 14.3 Å². The number of rotatable bonds is 2. The summed E-state index contributed by atoms with van der Waals surface area (Å²) in [5.41, 5.74) is 1.37. The average Bonchev–Trinajstić information content (AvgIpc) is 2.64. The highest BCUT2D eigenvalue weighted by atomic mass is 19.1. The Hall–Kier alpha value is -1.91. The van der Waals surface area contributed by atoms with Gasteiger partial charge in [0.25, 0.3) is 0 Å². The van der Waals surface area contributed by atoms with Gasteiger partial charge < -0.3 is 9.30 Å². The first-order valence-corrected chi connectivity index (χ1v) is 7.13. The van der Waals surface area contributed by atoms with Crippen molar-refractivity contribution in [2.75, 3.05) is 13.1 Å². The molecule has 0 unspecified atom stereocenters. The molecule has 3 heterocycles. The minimum Gasteiger partial charge on any atom is -0.342 e. The Bertz CT molecular complexity index is 615. The second-order valence-corrected chi connectivity index (χ2v) is 5.32. The lowest BCUT2D eigenvalue weighted by molar-refractivity contribution is -0.130. The van der Waals surface area contributed by atoms with Crippen LogP contribution in [0.3, 0.4) is 0 Å². The number of imidazole rings is 1. The molecule has 106 valence electrons. The highest BCUT2D eigenvalue weighted by Gasteiger charge is 2.17. The third kappa shape index (κ3) is 2.81. The Kier molecular flexibility index (Phi) is 3.67. The van der Waals surface area contributed by atoms with E-state index in [1.54, 1.807) is 16.7 Å². The first-order chi connectivity index (χ1) is 9.72. The molecule has 2 aromatic rings. The van der Waals surface area contributed by atoms with Crippen molar-refractivity contribution in [1.29, 1.82) is 0 Å². The summed E-state index contributed by atoms with van der Waals surface area (Å²) in [7, 11) is 0. The molecule has 1 saturated heterocycles. The van der Waals surface area contributed by atoms with Gasteiger partial charge in [-0.1, -0.05) is 12.8 Å². The summed E-state index contributed by atoms with van der Waals surface area (Å²) in [5.74, 6) is -0.184. The third-order valence-electron chi connectivity index (χ3n) is 3.76. The second-order valence-electron chi connectivity index (χ2n) is 5.32. The molecule has 1 amide bonds. The number of hydrogen-bond donors (Lipinski definition) is 0. The van der Waals surface area contributed by atoms with E-state index in [9.17, 15) is 9.18 Å². The SMILES string of the molecule is O=C(Cc1cn2cc(F)ccc2n1)N1CCCCCC1. The fourth-order valence-corrected chi connectivity index (χ4v) is 2.69. The Balaban J connectivity index is 1.73. The summed E-state index contributed by atoms with van der Waals surface area (Å²) in [4.78, 5) is 18.6. The van der Waals surface area contributed by atoms with Crippen LogP contribution in [0.1, 0.15) is 31.4 Å². The van der Waals surface area contributed by atoms with E-state index in [0.717, 1.165) is 25.9 Å². The monoisotopic (exact) mass is 275 g/mol. The van der Waals surface area contributed by atoms with Crippen LogP contribution < -0.4 is 0 Å². The van der Waals surface area contributed by atoms with Crippen molar-refractivity contribution in [2.24, 2.45) is 0 Å². The molecule has 1 aliphatic heterocycles. The molecule has 0 saturated carbocycles. The van der Waals surface area contributed by atoms with Gasteiger partial charge in [0.1, 0.15) is 11.5 Å². The van der Waals surface area contributed by atoms with Gasteiger partial charge in [0.05, 0.1) is 12.1 Å². The molecule has 0 bridgehead atoms. The van der Waals surface area contributed by atoms with Crippen LogP contribution in [0.15, 0.2) is 24.5 Å². The largest absolute Gasteiger partial charge is 0.342 e. The first kappa shape index (κ1) is 13.1. The maximum absolute atomic E-state index is 13.1. The van der Waals surface area contributed by atoms with Gasteiger partial charge in [-0.3, -0.25) is 4.79 Å². The van der Waals surface area contributed by atoms with Gasteiger partial charge in [-0.2, -0.15) is 0 Å². The van der Waals surface area contributed by atoms with Crippen molar-refractivity contribution < 1.29 is 9.18 Å². The number of aromatic nitrogens is 2. The number of fused-ring (bicyclic) bond motifs is 1. The number of amides is 1. The van der Waals surface area contributed by atoms with E-state index >= 15 is 0 Å². The normalized spacial score (nSPS) is 16.4. The summed E-state index contributed by atoms with van der Waals surface area (Å²) in [6, 6.07) is 3.00. The van der Waals surface area contributed by atoms with E-state index in [4.69, 9.17) is 0 Å². The lowest BCUT2D eigenvalue weighted by atomic mass is 10.2. The fourth-order valence-electron chi connectivity index (χ4n) is 2.69. The molecule has 0 atom stereocenters. The molecular weight excluding hydrogens is 257 g/mol. The van der Waals surface area contributed by atoms with Crippen LogP contribution in [0.2, 0.25) is 0 Å². The summed E-state index contributed by atoms with van der Waals surface area (Å²) in [6.45, 7) is 1.70. The van der Waals surface area contributed by atoms with Gasteiger partial charge >= 0.3 is 0 Å². The van der Waals surface area contributed by atoms with Crippen LogP contribution in [0, 0.1) is 5.82 Å². The van der Waals surface area contributed by atoms with Gasteiger partial charge in [-0.25, -0.2) is 9.37 Å². The fraction of sp³-hybridized carbons (Fsp3) is 0.467. The standard InChI is InChI=1S/C15H18FN3O/c16-12-5-6-14-17-13(11-19(14)10-12)9-15(20)18-7-3-1-2-4-8-18/h5-6,10-11H,1-4,7-9H2. The van der Waals surface area contributed by atoms with Crippen LogP contribution in [-0.2, 0) is 11.2 Å². The van der Waals surface area contributed by atoms with Gasteiger partial charge in [-0.15, -0.1) is 0 Å². The van der Waals surface area contributed by atoms with E-state index in [0.29, 0.717) is 17.8 Å². The molecule has 3 rings (SSSR count). The number of pyridine rings is 1. The lowest BCUT2D eigenvalue weighted by Crippen LogP contribution is -2.33. The molecule has 0 N–H and O–H groups in total. The Morgan fingerprint density at radius 2 is 1.90 bits per heavy atom. The molecule has 0 aromatic carbocycles. The molecule has 1 aliphatic rings. The highest BCUT2D eigenvalue weighted by molar-refractivity contribution is 5.78. The van der Waals surface area contributed by atoms with E-state index in [2.05, 4.69) is 4.98 Å². The summed E-state index contributed by atoms with van der Waals surface area (Å²) < 4.78 is 14.7. The lowest BCUT2D eigenvalue weighted by Gasteiger charge is -2.19. The number of hydrogen-bond acceptors (Lipinski definition) is 2. The van der Waals surface area contributed by atoms with E-state index in [-0.39, 0.29) is 11.7 Å². The number of carbonyl (C=O) groups is 1. The Labute approximate surface area is 117 Å². The summed E-state index contributed by atoms with van der Waals surface area (Å²) >= 11 is 0. The molecule has 0 radical (unpaired) electrons. The van der Waals surface area contributed by atoms with Crippen molar-refractivity contribution in [3.05, 3.63) is 36.0 Å².